The Bertz CT molecular complexity index is 438. The summed E-state index contributed by atoms with van der Waals surface area (Å²) in [5.41, 5.74) is 2.70. The van der Waals surface area contributed by atoms with Crippen LogP contribution in [-0.2, 0) is 0 Å². The maximum atomic E-state index is 2.18. The molecule has 0 heteroatoms. The number of rotatable bonds is 0. The summed E-state index contributed by atoms with van der Waals surface area (Å²) in [5, 5.41) is 2.75. The van der Waals surface area contributed by atoms with Crippen molar-refractivity contribution in [2.45, 2.75) is 0 Å². The summed E-state index contributed by atoms with van der Waals surface area (Å²) in [6.45, 7) is 0. The van der Waals surface area contributed by atoms with E-state index in [1.165, 1.54) is 21.9 Å². The highest BCUT2D eigenvalue weighted by molar-refractivity contribution is 6.04. The Kier molecular flexibility index (Phi) is 0.991. The fraction of sp³-hybridized carbons (Fsp3) is 0. The van der Waals surface area contributed by atoms with E-state index in [1.807, 2.05) is 0 Å². The van der Waals surface area contributed by atoms with Crippen molar-refractivity contribution in [1.82, 2.24) is 0 Å². The zero-order valence-electron chi connectivity index (χ0n) is 6.62. The van der Waals surface area contributed by atoms with Crippen molar-refractivity contribution in [3.8, 4) is 0 Å². The summed E-state index contributed by atoms with van der Waals surface area (Å²) < 4.78 is 0. The SMILES string of the molecule is C1=Cc2c[13cH]cc3cccc1c23. The first-order valence-corrected chi connectivity index (χ1v) is 4.15. The molecule has 12 heavy (non-hydrogen) atoms. The quantitative estimate of drug-likeness (QED) is 0.464. The van der Waals surface area contributed by atoms with Gasteiger partial charge in [0, 0.05) is 0 Å². The van der Waals surface area contributed by atoms with Gasteiger partial charge in [-0.05, 0) is 21.9 Å². The summed E-state index contributed by atoms with van der Waals surface area (Å²) in [7, 11) is 0. The van der Waals surface area contributed by atoms with Gasteiger partial charge in [-0.2, -0.15) is 0 Å². The Morgan fingerprint density at radius 2 is 1.25 bits per heavy atom. The summed E-state index contributed by atoms with van der Waals surface area (Å²) in [4.78, 5) is 0. The highest BCUT2D eigenvalue weighted by atomic mass is 14.2. The van der Waals surface area contributed by atoms with E-state index in [0.29, 0.717) is 0 Å². The van der Waals surface area contributed by atoms with Crippen LogP contribution in [0, 0.1) is 0 Å². The average molecular weight is 153 g/mol. The van der Waals surface area contributed by atoms with E-state index in [0.717, 1.165) is 0 Å². The molecule has 0 aliphatic heterocycles. The molecular formula is C12H8. The van der Waals surface area contributed by atoms with Crippen LogP contribution in [0.2, 0.25) is 0 Å². The normalized spacial score (nSPS) is 12.7. The maximum absolute atomic E-state index is 2.18. The third-order valence-electron chi connectivity index (χ3n) is 2.41. The van der Waals surface area contributed by atoms with E-state index in [9.17, 15) is 0 Å². The van der Waals surface area contributed by atoms with Crippen molar-refractivity contribution >= 4 is 22.9 Å². The van der Waals surface area contributed by atoms with Crippen LogP contribution in [0.1, 0.15) is 11.1 Å². The molecule has 56 valence electrons. The van der Waals surface area contributed by atoms with Gasteiger partial charge in [0.05, 0.1) is 0 Å². The number of hydrogen-bond donors (Lipinski definition) is 0. The molecule has 2 aromatic carbocycles. The maximum Gasteiger partial charge on any atom is -0.00389 e. The molecule has 0 amide bonds. The van der Waals surface area contributed by atoms with Gasteiger partial charge in [-0.3, -0.25) is 0 Å². The van der Waals surface area contributed by atoms with Gasteiger partial charge in [0.25, 0.3) is 0 Å². The van der Waals surface area contributed by atoms with Gasteiger partial charge in [-0.25, -0.2) is 0 Å². The van der Waals surface area contributed by atoms with Crippen LogP contribution >= 0.6 is 0 Å². The molecule has 1 aliphatic carbocycles. The Labute approximate surface area is 71.1 Å². The van der Waals surface area contributed by atoms with E-state index in [4.69, 9.17) is 0 Å². The second-order valence-electron chi connectivity index (χ2n) is 3.13. The van der Waals surface area contributed by atoms with Crippen LogP contribution in [0.4, 0.5) is 0 Å². The molecule has 0 radical (unpaired) electrons. The molecule has 0 saturated heterocycles. The fourth-order valence-electron chi connectivity index (χ4n) is 1.86. The summed E-state index contributed by atoms with van der Waals surface area (Å²) in [5.74, 6) is 0. The van der Waals surface area contributed by atoms with Gasteiger partial charge in [0.15, 0.2) is 0 Å². The van der Waals surface area contributed by atoms with Crippen LogP contribution < -0.4 is 0 Å². The predicted octanol–water partition coefficient (Wildman–Crippen LogP) is 3.32. The molecule has 3 rings (SSSR count). The largest absolute Gasteiger partial charge is 0.0610 e. The van der Waals surface area contributed by atoms with Crippen molar-refractivity contribution in [2.75, 3.05) is 0 Å². The molecule has 0 spiro atoms. The number of hydrogen-bond acceptors (Lipinski definition) is 0. The fourth-order valence-corrected chi connectivity index (χ4v) is 1.86. The average Bonchev–Trinajstić information content (AvgIpc) is 2.52. The minimum absolute atomic E-state index is 1.34. The van der Waals surface area contributed by atoms with Gasteiger partial charge < -0.3 is 0 Å². The van der Waals surface area contributed by atoms with E-state index in [-0.39, 0.29) is 0 Å². The molecule has 0 N–H and O–H groups in total. The first kappa shape index (κ1) is 6.01. The first-order valence-electron chi connectivity index (χ1n) is 4.15. The van der Waals surface area contributed by atoms with E-state index >= 15 is 0 Å². The molecule has 0 aromatic heterocycles. The highest BCUT2D eigenvalue weighted by Gasteiger charge is 2.06. The Morgan fingerprint density at radius 3 is 1.83 bits per heavy atom. The van der Waals surface area contributed by atoms with Gasteiger partial charge in [0.1, 0.15) is 0 Å². The lowest BCUT2D eigenvalue weighted by Crippen LogP contribution is -1.76. The Hall–Kier alpha value is -1.56. The molecular weight excluding hydrogens is 145 g/mol. The van der Waals surface area contributed by atoms with Crippen LogP contribution in [0.3, 0.4) is 0 Å². The first-order chi connectivity index (χ1) is 5.95. The minimum atomic E-state index is 1.34. The zero-order chi connectivity index (χ0) is 7.97. The van der Waals surface area contributed by atoms with Gasteiger partial charge >= 0.3 is 0 Å². The van der Waals surface area contributed by atoms with Gasteiger partial charge in [0.2, 0.25) is 0 Å². The van der Waals surface area contributed by atoms with Gasteiger partial charge in [-0.15, -0.1) is 0 Å². The molecule has 0 nitrogen and oxygen atoms in total. The van der Waals surface area contributed by atoms with Crippen LogP contribution in [0.15, 0.2) is 36.4 Å². The molecule has 0 fully saturated rings. The third kappa shape index (κ3) is 0.620. The lowest BCUT2D eigenvalue weighted by atomic mass is 10.1. The zero-order valence-corrected chi connectivity index (χ0v) is 6.62. The summed E-state index contributed by atoms with van der Waals surface area (Å²) >= 11 is 0. The Balaban J connectivity index is 2.64. The molecule has 2 aromatic rings. The van der Waals surface area contributed by atoms with Crippen molar-refractivity contribution < 1.29 is 0 Å². The standard InChI is InChI=1S/C12H8/c1-3-9-4-2-6-11-8-7-10(5-1)12(9)11/h1-8H/i1+1. The molecule has 1 aliphatic rings. The second-order valence-corrected chi connectivity index (χ2v) is 3.13. The van der Waals surface area contributed by atoms with Crippen LogP contribution in [0.5, 0.6) is 0 Å². The van der Waals surface area contributed by atoms with Crippen LogP contribution in [-0.4, -0.2) is 0 Å². The van der Waals surface area contributed by atoms with Crippen molar-refractivity contribution in [1.29, 1.82) is 0 Å². The van der Waals surface area contributed by atoms with Crippen molar-refractivity contribution in [3.63, 3.8) is 0 Å². The summed E-state index contributed by atoms with van der Waals surface area (Å²) in [6, 6.07) is 12.9. The van der Waals surface area contributed by atoms with E-state index < -0.39 is 0 Å². The van der Waals surface area contributed by atoms with Crippen molar-refractivity contribution in [3.05, 3.63) is 47.5 Å². The van der Waals surface area contributed by atoms with Crippen molar-refractivity contribution in [2.24, 2.45) is 0 Å². The second kappa shape index (κ2) is 1.98. The monoisotopic (exact) mass is 153 g/mol. The van der Waals surface area contributed by atoms with Gasteiger partial charge in [-0.1, -0.05) is 48.6 Å². The molecule has 0 saturated carbocycles. The highest BCUT2D eigenvalue weighted by Crippen LogP contribution is 2.30. The molecule has 0 unspecified atom stereocenters. The smallest absolute Gasteiger partial charge is 0.00389 e. The summed E-state index contributed by atoms with van der Waals surface area (Å²) in [6.07, 6.45) is 4.36. The van der Waals surface area contributed by atoms with E-state index in [1.54, 1.807) is 0 Å². The minimum Gasteiger partial charge on any atom is -0.0610 e. The molecule has 0 heterocycles. The lowest BCUT2D eigenvalue weighted by Gasteiger charge is -1.99. The van der Waals surface area contributed by atoms with Crippen LogP contribution in [0.25, 0.3) is 22.9 Å². The molecule has 0 bridgehead atoms. The van der Waals surface area contributed by atoms with E-state index in [2.05, 4.69) is 48.6 Å². The third-order valence-corrected chi connectivity index (χ3v) is 2.41. The predicted molar refractivity (Wildman–Crippen MR) is 52.9 cm³/mol. The molecule has 0 atom stereocenters. The number of benzene rings is 2. The lowest BCUT2D eigenvalue weighted by molar-refractivity contribution is 1.72. The Morgan fingerprint density at radius 1 is 0.667 bits per heavy atom. The topological polar surface area (TPSA) is 0 Å².